The summed E-state index contributed by atoms with van der Waals surface area (Å²) in [6.07, 6.45) is 1.71. The number of carbonyl (C=O) groups is 1. The number of aromatic nitrogens is 2. The molecule has 1 aliphatic heterocycles. The van der Waals surface area contributed by atoms with Gasteiger partial charge in [-0.2, -0.15) is 5.26 Å². The fourth-order valence-electron chi connectivity index (χ4n) is 2.98. The maximum atomic E-state index is 11.1. The van der Waals surface area contributed by atoms with Crippen LogP contribution in [0, 0.1) is 11.3 Å². The summed E-state index contributed by atoms with van der Waals surface area (Å²) in [6.45, 7) is 3.41. The van der Waals surface area contributed by atoms with Gasteiger partial charge in [-0.05, 0) is 24.1 Å². The summed E-state index contributed by atoms with van der Waals surface area (Å²) in [5, 5.41) is 16.8. The van der Waals surface area contributed by atoms with Gasteiger partial charge in [-0.15, -0.1) is 5.10 Å². The number of allylic oxidation sites excluding steroid dienone is 1. The highest BCUT2D eigenvalue weighted by Gasteiger charge is 2.34. The first-order chi connectivity index (χ1) is 12.0. The van der Waals surface area contributed by atoms with Gasteiger partial charge in [-0.1, -0.05) is 25.5 Å². The molecule has 25 heavy (non-hydrogen) atoms. The van der Waals surface area contributed by atoms with Gasteiger partial charge < -0.3 is 15.2 Å². The monoisotopic (exact) mass is 338 g/mol. The van der Waals surface area contributed by atoms with E-state index in [4.69, 9.17) is 15.2 Å². The van der Waals surface area contributed by atoms with E-state index in [1.54, 1.807) is 12.1 Å². The molecule has 0 fully saturated rings. The lowest BCUT2D eigenvalue weighted by Crippen LogP contribution is -2.21. The van der Waals surface area contributed by atoms with Crippen molar-refractivity contribution in [3.8, 4) is 17.7 Å². The molecule has 2 aromatic rings. The second kappa shape index (κ2) is 6.69. The number of carbonyl (C=O) groups excluding carboxylic acids is 1. The predicted molar refractivity (Wildman–Crippen MR) is 89.6 cm³/mol. The van der Waals surface area contributed by atoms with Gasteiger partial charge in [0.2, 0.25) is 11.8 Å². The molecule has 128 valence electrons. The molecule has 0 aliphatic carbocycles. The lowest BCUT2D eigenvalue weighted by Gasteiger charge is -2.24. The molecule has 1 aliphatic rings. The zero-order valence-electron chi connectivity index (χ0n) is 14.0. The van der Waals surface area contributed by atoms with E-state index in [1.165, 1.54) is 6.92 Å². The third-order valence-corrected chi connectivity index (χ3v) is 3.99. The number of hydrogen-bond acceptors (Lipinski definition) is 6. The Labute approximate surface area is 145 Å². The van der Waals surface area contributed by atoms with E-state index in [0.29, 0.717) is 17.2 Å². The van der Waals surface area contributed by atoms with E-state index in [0.717, 1.165) is 29.7 Å². The Hall–Kier alpha value is -3.27. The molecule has 0 saturated heterocycles. The summed E-state index contributed by atoms with van der Waals surface area (Å²) in [5.41, 5.74) is 8.86. The minimum absolute atomic E-state index is 0.0543. The van der Waals surface area contributed by atoms with Crippen LogP contribution in [0.5, 0.6) is 11.6 Å². The van der Waals surface area contributed by atoms with E-state index in [1.807, 2.05) is 12.1 Å². The van der Waals surface area contributed by atoms with Crippen molar-refractivity contribution in [2.24, 2.45) is 5.73 Å². The van der Waals surface area contributed by atoms with Gasteiger partial charge in [0, 0.05) is 18.2 Å². The number of nitrogens with one attached hydrogen (secondary N) is 1. The quantitative estimate of drug-likeness (QED) is 0.654. The first kappa shape index (κ1) is 16.6. The Kier molecular flexibility index (Phi) is 4.44. The van der Waals surface area contributed by atoms with Gasteiger partial charge >= 0.3 is 5.97 Å². The molecule has 3 rings (SSSR count). The molecule has 0 radical (unpaired) electrons. The number of hydrogen-bond donors (Lipinski definition) is 2. The number of aryl methyl sites for hydroxylation is 1. The van der Waals surface area contributed by atoms with Crippen LogP contribution >= 0.6 is 0 Å². The third kappa shape index (κ3) is 3.06. The number of nitrogens with two attached hydrogens (primary N) is 1. The van der Waals surface area contributed by atoms with Crippen molar-refractivity contribution in [2.75, 3.05) is 0 Å². The van der Waals surface area contributed by atoms with Crippen LogP contribution in [-0.4, -0.2) is 16.2 Å². The summed E-state index contributed by atoms with van der Waals surface area (Å²) in [5.74, 6) is 0.135. The first-order valence-corrected chi connectivity index (χ1v) is 7.98. The number of rotatable bonds is 4. The third-order valence-electron chi connectivity index (χ3n) is 3.99. The summed E-state index contributed by atoms with van der Waals surface area (Å²) >= 11 is 0. The topological polar surface area (TPSA) is 114 Å². The second-order valence-electron chi connectivity index (χ2n) is 5.76. The molecule has 2 heterocycles. The van der Waals surface area contributed by atoms with Gasteiger partial charge in [0.1, 0.15) is 17.4 Å². The molecular formula is C18H18N4O3. The maximum absolute atomic E-state index is 11.1. The number of aromatic amines is 1. The highest BCUT2D eigenvalue weighted by molar-refractivity contribution is 5.69. The Morgan fingerprint density at radius 3 is 2.76 bits per heavy atom. The standard InChI is InChI=1S/C18H18N4O3/c1-3-4-14-16-15(11-5-7-12(8-6-11)24-10(2)23)13(9-19)17(20)25-18(16)22-21-14/h5-8,15H,3-4,20H2,1-2H3,(H,21,22)/t15-/m0/s1. The summed E-state index contributed by atoms with van der Waals surface area (Å²) in [6, 6.07) is 9.16. The van der Waals surface area contributed by atoms with Crippen LogP contribution in [0.25, 0.3) is 0 Å². The average Bonchev–Trinajstić information content (AvgIpc) is 2.96. The van der Waals surface area contributed by atoms with Crippen molar-refractivity contribution in [2.45, 2.75) is 32.6 Å². The van der Waals surface area contributed by atoms with Gasteiger partial charge in [-0.25, -0.2) is 0 Å². The van der Waals surface area contributed by atoms with Gasteiger partial charge in [0.15, 0.2) is 0 Å². The molecule has 7 nitrogen and oxygen atoms in total. The van der Waals surface area contributed by atoms with Gasteiger partial charge in [0.25, 0.3) is 0 Å². The number of benzene rings is 1. The number of H-pyrrole nitrogens is 1. The second-order valence-corrected chi connectivity index (χ2v) is 5.76. The normalized spacial score (nSPS) is 16.0. The Balaban J connectivity index is 2.08. The van der Waals surface area contributed by atoms with E-state index >= 15 is 0 Å². The first-order valence-electron chi connectivity index (χ1n) is 7.98. The molecule has 3 N–H and O–H groups in total. The molecule has 0 spiro atoms. The number of fused-ring (bicyclic) bond motifs is 1. The van der Waals surface area contributed by atoms with Crippen molar-refractivity contribution >= 4 is 5.97 Å². The Morgan fingerprint density at radius 2 is 2.16 bits per heavy atom. The summed E-state index contributed by atoms with van der Waals surface area (Å²) in [4.78, 5) is 11.1. The van der Waals surface area contributed by atoms with Crippen LogP contribution in [0.3, 0.4) is 0 Å². The molecule has 0 unspecified atom stereocenters. The van der Waals surface area contributed by atoms with Gasteiger partial charge in [-0.3, -0.25) is 9.89 Å². The van der Waals surface area contributed by atoms with Crippen LogP contribution in [0.1, 0.15) is 43.0 Å². The van der Waals surface area contributed by atoms with Crippen molar-refractivity contribution in [3.05, 3.63) is 52.5 Å². The van der Waals surface area contributed by atoms with Crippen molar-refractivity contribution in [1.82, 2.24) is 10.2 Å². The molecule has 1 atom stereocenters. The molecule has 1 aromatic carbocycles. The van der Waals surface area contributed by atoms with Gasteiger partial charge in [0.05, 0.1) is 5.92 Å². The Bertz CT molecular complexity index is 875. The zero-order chi connectivity index (χ0) is 18.0. The molecule has 0 amide bonds. The smallest absolute Gasteiger partial charge is 0.308 e. The lowest BCUT2D eigenvalue weighted by molar-refractivity contribution is -0.131. The lowest BCUT2D eigenvalue weighted by atomic mass is 9.83. The summed E-state index contributed by atoms with van der Waals surface area (Å²) < 4.78 is 10.6. The minimum atomic E-state index is -0.386. The number of nitrogens with zero attached hydrogens (tertiary/aromatic N) is 2. The molecular weight excluding hydrogens is 320 g/mol. The van der Waals surface area contributed by atoms with E-state index in [9.17, 15) is 10.1 Å². The largest absolute Gasteiger partial charge is 0.427 e. The summed E-state index contributed by atoms with van der Waals surface area (Å²) in [7, 11) is 0. The van der Waals surface area contributed by atoms with Crippen LogP contribution in [-0.2, 0) is 11.2 Å². The van der Waals surface area contributed by atoms with Crippen molar-refractivity contribution in [1.29, 1.82) is 5.26 Å². The SMILES string of the molecule is CCCc1[nH]nc2c1[C@@H](c1ccc(OC(C)=O)cc1)C(C#N)=C(N)O2. The van der Waals surface area contributed by atoms with Crippen LogP contribution in [0.4, 0.5) is 0 Å². The van der Waals surface area contributed by atoms with Crippen molar-refractivity contribution < 1.29 is 14.3 Å². The number of nitriles is 1. The van der Waals surface area contributed by atoms with Crippen LogP contribution in [0.15, 0.2) is 35.7 Å². The van der Waals surface area contributed by atoms with E-state index < -0.39 is 0 Å². The van der Waals surface area contributed by atoms with E-state index in [-0.39, 0.29) is 17.8 Å². The zero-order valence-corrected chi connectivity index (χ0v) is 14.0. The van der Waals surface area contributed by atoms with Crippen molar-refractivity contribution in [3.63, 3.8) is 0 Å². The maximum Gasteiger partial charge on any atom is 0.308 e. The fourth-order valence-corrected chi connectivity index (χ4v) is 2.98. The minimum Gasteiger partial charge on any atom is -0.427 e. The molecule has 0 saturated carbocycles. The molecule has 7 heteroatoms. The Morgan fingerprint density at radius 1 is 1.44 bits per heavy atom. The van der Waals surface area contributed by atoms with Crippen LogP contribution < -0.4 is 15.2 Å². The number of ether oxygens (including phenoxy) is 2. The highest BCUT2D eigenvalue weighted by atomic mass is 16.5. The molecule has 1 aromatic heterocycles. The van der Waals surface area contributed by atoms with Crippen LogP contribution in [0.2, 0.25) is 0 Å². The molecule has 0 bridgehead atoms. The van der Waals surface area contributed by atoms with E-state index in [2.05, 4.69) is 23.2 Å². The predicted octanol–water partition coefficient (Wildman–Crippen LogP) is 2.51. The number of esters is 1. The fraction of sp³-hybridized carbons (Fsp3) is 0.278. The average molecular weight is 338 g/mol. The highest BCUT2D eigenvalue weighted by Crippen LogP contribution is 2.43.